The monoisotopic (exact) mass is 289 g/mol. The molecule has 0 bridgehead atoms. The van der Waals surface area contributed by atoms with Crippen LogP contribution in [0.3, 0.4) is 0 Å². The Kier molecular flexibility index (Phi) is 7.32. The highest BCUT2D eigenvalue weighted by Gasteiger charge is 2.21. The second-order valence-electron chi connectivity index (χ2n) is 3.23. The van der Waals surface area contributed by atoms with Crippen LogP contribution in [0, 0.1) is 0 Å². The molecular formula is C7H16ClN3O3S2. The first kappa shape index (κ1) is 16.0. The Labute approximate surface area is 106 Å². The summed E-state index contributed by atoms with van der Waals surface area (Å²) in [6, 6.07) is -0.145. The van der Waals surface area contributed by atoms with E-state index in [9.17, 15) is 13.2 Å². The number of thioether (sulfide) groups is 1. The van der Waals surface area contributed by atoms with Gasteiger partial charge in [-0.05, 0) is 0 Å². The molecule has 1 atom stereocenters. The number of carbonyl (C=O) groups excluding carboxylic acids is 1. The van der Waals surface area contributed by atoms with Gasteiger partial charge >= 0.3 is 0 Å². The lowest BCUT2D eigenvalue weighted by molar-refractivity contribution is -0.122. The third-order valence-corrected chi connectivity index (χ3v) is 3.49. The molecule has 1 aliphatic rings. The number of sulfonamides is 1. The number of amides is 1. The molecule has 0 aromatic rings. The molecule has 6 nitrogen and oxygen atoms in total. The molecule has 3 N–H and O–H groups in total. The van der Waals surface area contributed by atoms with Gasteiger partial charge in [0, 0.05) is 24.7 Å². The fourth-order valence-corrected chi connectivity index (χ4v) is 2.52. The predicted molar refractivity (Wildman–Crippen MR) is 67.4 cm³/mol. The van der Waals surface area contributed by atoms with E-state index in [2.05, 4.69) is 15.4 Å². The van der Waals surface area contributed by atoms with Gasteiger partial charge in [0.1, 0.15) is 0 Å². The lowest BCUT2D eigenvalue weighted by atomic mass is 10.3. The molecule has 1 rings (SSSR count). The van der Waals surface area contributed by atoms with E-state index in [1.165, 1.54) is 0 Å². The van der Waals surface area contributed by atoms with E-state index in [0.717, 1.165) is 17.9 Å². The van der Waals surface area contributed by atoms with Crippen LogP contribution in [0.15, 0.2) is 0 Å². The van der Waals surface area contributed by atoms with Crippen molar-refractivity contribution in [2.75, 3.05) is 31.0 Å². The minimum atomic E-state index is -3.16. The maximum atomic E-state index is 11.4. The molecule has 1 saturated heterocycles. The zero-order valence-corrected chi connectivity index (χ0v) is 11.3. The van der Waals surface area contributed by atoms with Crippen LogP contribution in [-0.4, -0.2) is 51.3 Å². The molecule has 0 radical (unpaired) electrons. The highest BCUT2D eigenvalue weighted by atomic mass is 35.5. The van der Waals surface area contributed by atoms with E-state index >= 15 is 0 Å². The lowest BCUT2D eigenvalue weighted by Crippen LogP contribution is -2.44. The molecule has 0 aliphatic carbocycles. The number of carbonyl (C=O) groups is 1. The third kappa shape index (κ3) is 6.54. The fraction of sp³-hybridized carbons (Fsp3) is 0.857. The van der Waals surface area contributed by atoms with E-state index in [0.29, 0.717) is 6.54 Å². The van der Waals surface area contributed by atoms with Gasteiger partial charge < -0.3 is 5.32 Å². The molecule has 9 heteroatoms. The van der Waals surface area contributed by atoms with Gasteiger partial charge in [0.15, 0.2) is 0 Å². The standard InChI is InChI=1S/C7H15N3O3S2.ClH/c1-15(12,13)10-3-2-8-7(11)6-4-14-5-9-6;/h6,9-10H,2-5H2,1H3,(H,8,11);1H/t6-;/m1./s1. The Morgan fingerprint density at radius 1 is 1.50 bits per heavy atom. The lowest BCUT2D eigenvalue weighted by Gasteiger charge is -2.10. The molecule has 0 aromatic carbocycles. The Morgan fingerprint density at radius 2 is 2.19 bits per heavy atom. The van der Waals surface area contributed by atoms with Gasteiger partial charge in [0.2, 0.25) is 15.9 Å². The molecule has 0 aromatic heterocycles. The van der Waals surface area contributed by atoms with E-state index in [-0.39, 0.29) is 30.9 Å². The molecule has 1 heterocycles. The van der Waals surface area contributed by atoms with E-state index in [1.54, 1.807) is 11.8 Å². The SMILES string of the molecule is CS(=O)(=O)NCCNC(=O)[C@H]1CSCN1.Cl. The quantitative estimate of drug-likeness (QED) is 0.550. The van der Waals surface area contributed by atoms with Gasteiger partial charge in [0.25, 0.3) is 0 Å². The summed E-state index contributed by atoms with van der Waals surface area (Å²) in [6.07, 6.45) is 1.09. The number of halogens is 1. The summed E-state index contributed by atoms with van der Waals surface area (Å²) in [4.78, 5) is 11.4. The van der Waals surface area contributed by atoms with Crippen molar-refractivity contribution in [1.29, 1.82) is 0 Å². The van der Waals surface area contributed by atoms with Crippen LogP contribution in [-0.2, 0) is 14.8 Å². The molecular weight excluding hydrogens is 274 g/mol. The maximum Gasteiger partial charge on any atom is 0.238 e. The van der Waals surface area contributed by atoms with Crippen LogP contribution in [0.2, 0.25) is 0 Å². The summed E-state index contributed by atoms with van der Waals surface area (Å²) >= 11 is 1.67. The van der Waals surface area contributed by atoms with Gasteiger partial charge in [-0.1, -0.05) is 0 Å². The van der Waals surface area contributed by atoms with Gasteiger partial charge in [-0.15, -0.1) is 24.2 Å². The molecule has 1 fully saturated rings. The summed E-state index contributed by atoms with van der Waals surface area (Å²) in [7, 11) is -3.16. The average Bonchev–Trinajstić information content (AvgIpc) is 2.63. The number of rotatable bonds is 5. The number of hydrogen-bond donors (Lipinski definition) is 3. The van der Waals surface area contributed by atoms with Gasteiger partial charge in [-0.25, -0.2) is 13.1 Å². The normalized spacial score (nSPS) is 20.2. The average molecular weight is 290 g/mol. The first-order valence-electron chi connectivity index (χ1n) is 4.52. The minimum Gasteiger partial charge on any atom is -0.353 e. The molecule has 16 heavy (non-hydrogen) atoms. The zero-order valence-electron chi connectivity index (χ0n) is 8.86. The van der Waals surface area contributed by atoms with E-state index in [4.69, 9.17) is 0 Å². The number of hydrogen-bond acceptors (Lipinski definition) is 5. The Balaban J connectivity index is 0.00000225. The van der Waals surface area contributed by atoms with E-state index in [1.807, 2.05) is 0 Å². The topological polar surface area (TPSA) is 87.3 Å². The van der Waals surface area contributed by atoms with Crippen molar-refractivity contribution in [1.82, 2.24) is 15.4 Å². The van der Waals surface area contributed by atoms with Crippen LogP contribution >= 0.6 is 24.2 Å². The van der Waals surface area contributed by atoms with Crippen LogP contribution in [0.4, 0.5) is 0 Å². The molecule has 1 aliphatic heterocycles. The van der Waals surface area contributed by atoms with Crippen LogP contribution in [0.25, 0.3) is 0 Å². The predicted octanol–water partition coefficient (Wildman–Crippen LogP) is -1.26. The van der Waals surface area contributed by atoms with Crippen LogP contribution in [0.5, 0.6) is 0 Å². The smallest absolute Gasteiger partial charge is 0.238 e. The number of nitrogens with one attached hydrogen (secondary N) is 3. The van der Waals surface area contributed by atoms with E-state index < -0.39 is 10.0 Å². The molecule has 0 saturated carbocycles. The second-order valence-corrected chi connectivity index (χ2v) is 6.09. The summed E-state index contributed by atoms with van der Waals surface area (Å²) < 4.78 is 23.7. The largest absolute Gasteiger partial charge is 0.353 e. The van der Waals surface area contributed by atoms with Crippen molar-refractivity contribution >= 4 is 40.1 Å². The maximum absolute atomic E-state index is 11.4. The Morgan fingerprint density at radius 3 is 2.69 bits per heavy atom. The van der Waals surface area contributed by atoms with Crippen molar-refractivity contribution in [3.63, 3.8) is 0 Å². The summed E-state index contributed by atoms with van der Waals surface area (Å²) in [5.41, 5.74) is 0. The van der Waals surface area contributed by atoms with Gasteiger partial charge in [-0.3, -0.25) is 10.1 Å². The third-order valence-electron chi connectivity index (χ3n) is 1.82. The van der Waals surface area contributed by atoms with Gasteiger partial charge in [-0.2, -0.15) is 0 Å². The molecule has 0 unspecified atom stereocenters. The first-order chi connectivity index (χ1) is 6.99. The summed E-state index contributed by atoms with van der Waals surface area (Å²) in [6.45, 7) is 0.541. The van der Waals surface area contributed by atoms with Crippen LogP contribution < -0.4 is 15.4 Å². The fourth-order valence-electron chi connectivity index (χ4n) is 1.11. The van der Waals surface area contributed by atoms with Crippen molar-refractivity contribution in [2.45, 2.75) is 6.04 Å². The van der Waals surface area contributed by atoms with Crippen molar-refractivity contribution in [3.8, 4) is 0 Å². The van der Waals surface area contributed by atoms with Crippen LogP contribution in [0.1, 0.15) is 0 Å². The van der Waals surface area contributed by atoms with Crippen molar-refractivity contribution < 1.29 is 13.2 Å². The second kappa shape index (κ2) is 7.33. The highest BCUT2D eigenvalue weighted by molar-refractivity contribution is 7.99. The summed E-state index contributed by atoms with van der Waals surface area (Å²) in [5, 5.41) is 5.68. The first-order valence-corrected chi connectivity index (χ1v) is 7.57. The molecule has 1 amide bonds. The highest BCUT2D eigenvalue weighted by Crippen LogP contribution is 2.08. The van der Waals surface area contributed by atoms with Gasteiger partial charge in [0.05, 0.1) is 12.3 Å². The Hall–Kier alpha value is -0.0200. The molecule has 96 valence electrons. The summed E-state index contributed by atoms with van der Waals surface area (Å²) in [5.74, 6) is 1.49. The van der Waals surface area contributed by atoms with Crippen molar-refractivity contribution in [2.24, 2.45) is 0 Å². The van der Waals surface area contributed by atoms with Crippen molar-refractivity contribution in [3.05, 3.63) is 0 Å². The zero-order chi connectivity index (χ0) is 11.3. The minimum absolute atomic E-state index is 0. The molecule has 0 spiro atoms. The Bertz CT molecular complexity index is 317.